The number of imidazole rings is 1. The standard InChI is InChI=1S/C43H33N2O.C12H10N.Ir/c1-27-21-29(3)41(30(4)22-27)33-19-20-40-36(25-33)37(26-46-40)43-44-38-17-11-12-18-39(38)45(43)42-34(31-13-7-5-8-14-31)23-28(2)24-35(42)32-15-9-6-10-16-32;1-10-7-8-12(13-9-10)11-5-3-2-4-6-11;/h5-25H,1-4H3;2-5,7-9H,1H3;/q2*-1;/i;1D3;. The Morgan fingerprint density at radius 3 is 1.90 bits per heavy atom. The van der Waals surface area contributed by atoms with Crippen molar-refractivity contribution in [3.63, 3.8) is 0 Å². The molecule has 0 atom stereocenters. The zero-order valence-electron chi connectivity index (χ0n) is 36.7. The molecule has 0 saturated heterocycles. The number of hydrogen-bond acceptors (Lipinski definition) is 3. The number of aryl methyl sites for hydroxylation is 5. The summed E-state index contributed by atoms with van der Waals surface area (Å²) < 4.78 is 30.1. The number of hydrogen-bond donors (Lipinski definition) is 0. The topological polar surface area (TPSA) is 43.9 Å². The van der Waals surface area contributed by atoms with Gasteiger partial charge < -0.3 is 14.0 Å². The Bertz CT molecular complexity index is 3110. The summed E-state index contributed by atoms with van der Waals surface area (Å²) in [5, 5.41) is 0.989. The number of benzene rings is 7. The van der Waals surface area contributed by atoms with Crippen LogP contribution in [0.3, 0.4) is 0 Å². The predicted molar refractivity (Wildman–Crippen MR) is 244 cm³/mol. The van der Waals surface area contributed by atoms with Crippen LogP contribution in [0.5, 0.6) is 0 Å². The van der Waals surface area contributed by atoms with Gasteiger partial charge in [0.05, 0.1) is 22.5 Å². The van der Waals surface area contributed by atoms with Gasteiger partial charge in [0, 0.05) is 53.4 Å². The van der Waals surface area contributed by atoms with Crippen LogP contribution in [0.2, 0.25) is 0 Å². The minimum atomic E-state index is -2.09. The van der Waals surface area contributed by atoms with Gasteiger partial charge in [0.15, 0.2) is 0 Å². The van der Waals surface area contributed by atoms with Gasteiger partial charge in [-0.15, -0.1) is 35.9 Å². The van der Waals surface area contributed by atoms with E-state index in [0.29, 0.717) is 0 Å². The summed E-state index contributed by atoms with van der Waals surface area (Å²) in [5.74, 6) is 0.799. The van der Waals surface area contributed by atoms with Gasteiger partial charge >= 0.3 is 0 Å². The zero-order valence-corrected chi connectivity index (χ0v) is 36.1. The van der Waals surface area contributed by atoms with Crippen LogP contribution in [-0.4, -0.2) is 14.5 Å². The Labute approximate surface area is 369 Å². The van der Waals surface area contributed by atoms with Gasteiger partial charge in [-0.3, -0.25) is 4.98 Å². The normalized spacial score (nSPS) is 11.9. The summed E-state index contributed by atoms with van der Waals surface area (Å²) in [7, 11) is 0. The molecule has 7 aromatic carbocycles. The van der Waals surface area contributed by atoms with Crippen molar-refractivity contribution in [2.45, 2.75) is 34.5 Å². The van der Waals surface area contributed by atoms with E-state index in [1.165, 1.54) is 34.0 Å². The van der Waals surface area contributed by atoms with E-state index in [1.807, 2.05) is 24.3 Å². The SMILES string of the molecule is Cc1cc(C)c(-c2ccc3o[c-]c(-c4nc5ccccc5n4-c4c(-c5ccccc5)cc(C)cc4-c4ccccc4)c3c2)c(C)c1.[2H]C([2H])([2H])c1ccc(-c2[c-]cccc2)nc1.[Ir]. The second kappa shape index (κ2) is 17.3. The first-order chi connectivity index (χ1) is 30.0. The first-order valence-electron chi connectivity index (χ1n) is 21.2. The van der Waals surface area contributed by atoms with E-state index < -0.39 is 6.85 Å². The molecule has 0 amide bonds. The molecule has 10 rings (SSSR count). The van der Waals surface area contributed by atoms with Gasteiger partial charge in [-0.05, 0) is 109 Å². The summed E-state index contributed by atoms with van der Waals surface area (Å²) in [6.07, 6.45) is 4.68. The number of para-hydroxylation sites is 2. The molecule has 0 saturated carbocycles. The number of furan rings is 1. The minimum absolute atomic E-state index is 0. The van der Waals surface area contributed by atoms with E-state index in [1.54, 1.807) is 18.2 Å². The van der Waals surface area contributed by atoms with Gasteiger partial charge in [-0.2, -0.15) is 0 Å². The largest absolute Gasteiger partial charge is 0.557 e. The average Bonchev–Trinajstić information content (AvgIpc) is 3.88. The average molecular weight is 957 g/mol. The summed E-state index contributed by atoms with van der Waals surface area (Å²) >= 11 is 0. The second-order valence-corrected chi connectivity index (χ2v) is 15.0. The maximum Gasteiger partial charge on any atom is 0.0774 e. The summed E-state index contributed by atoms with van der Waals surface area (Å²) in [6, 6.07) is 59.0. The van der Waals surface area contributed by atoms with E-state index in [4.69, 9.17) is 13.5 Å². The number of pyridine rings is 1. The molecule has 3 heterocycles. The Kier molecular flexibility index (Phi) is 10.5. The van der Waals surface area contributed by atoms with Crippen LogP contribution in [-0.2, 0) is 20.1 Å². The zero-order chi connectivity index (χ0) is 43.0. The van der Waals surface area contributed by atoms with Crippen molar-refractivity contribution in [2.24, 2.45) is 0 Å². The fourth-order valence-corrected chi connectivity index (χ4v) is 8.15. The molecule has 3 aromatic heterocycles. The van der Waals surface area contributed by atoms with Gasteiger partial charge in [0.1, 0.15) is 0 Å². The Hall–Kier alpha value is -6.65. The number of aromatic nitrogens is 3. The van der Waals surface area contributed by atoms with Gasteiger partial charge in [0.25, 0.3) is 0 Å². The van der Waals surface area contributed by atoms with Gasteiger partial charge in [0.2, 0.25) is 0 Å². The quantitative estimate of drug-likeness (QED) is 0.156. The molecule has 0 bridgehead atoms. The molecule has 295 valence electrons. The number of rotatable bonds is 6. The molecular formula is C55H43IrN3O-2. The van der Waals surface area contributed by atoms with E-state index in [2.05, 4.69) is 171 Å². The molecule has 0 fully saturated rings. The van der Waals surface area contributed by atoms with E-state index in [-0.39, 0.29) is 25.7 Å². The maximum absolute atomic E-state index is 7.23. The van der Waals surface area contributed by atoms with Crippen molar-refractivity contribution in [3.05, 3.63) is 210 Å². The number of nitrogens with zero attached hydrogens (tertiary/aromatic N) is 3. The summed E-state index contributed by atoms with van der Waals surface area (Å²) in [5.41, 5.74) is 18.5. The van der Waals surface area contributed by atoms with Crippen molar-refractivity contribution in [1.29, 1.82) is 0 Å². The third-order valence-electron chi connectivity index (χ3n) is 10.7. The van der Waals surface area contributed by atoms with Crippen LogP contribution in [0.1, 0.15) is 31.9 Å². The molecular weight excluding hydrogens is 911 g/mol. The van der Waals surface area contributed by atoms with Crippen molar-refractivity contribution < 1.29 is 28.6 Å². The molecule has 0 aliphatic rings. The molecule has 0 N–H and O–H groups in total. The maximum atomic E-state index is 7.23. The first kappa shape index (κ1) is 36.4. The van der Waals surface area contributed by atoms with Gasteiger partial charge in [-0.1, -0.05) is 132 Å². The third-order valence-corrected chi connectivity index (χ3v) is 10.7. The molecule has 0 unspecified atom stereocenters. The smallest absolute Gasteiger partial charge is 0.0774 e. The molecule has 0 aliphatic heterocycles. The van der Waals surface area contributed by atoms with Crippen LogP contribution >= 0.6 is 0 Å². The second-order valence-electron chi connectivity index (χ2n) is 15.0. The molecule has 10 aromatic rings. The van der Waals surface area contributed by atoms with Crippen molar-refractivity contribution in [3.8, 4) is 61.7 Å². The van der Waals surface area contributed by atoms with Crippen molar-refractivity contribution in [1.82, 2.24) is 14.5 Å². The third kappa shape index (κ3) is 7.90. The van der Waals surface area contributed by atoms with E-state index in [9.17, 15) is 0 Å². The fraction of sp³-hybridized carbons (Fsp3) is 0.0909. The fourth-order valence-electron chi connectivity index (χ4n) is 8.15. The molecule has 0 spiro atoms. The Morgan fingerprint density at radius 1 is 0.617 bits per heavy atom. The van der Waals surface area contributed by atoms with Crippen molar-refractivity contribution >= 4 is 22.0 Å². The summed E-state index contributed by atoms with van der Waals surface area (Å²) in [6.45, 7) is 6.61. The summed E-state index contributed by atoms with van der Waals surface area (Å²) in [4.78, 5) is 9.42. The first-order valence-corrected chi connectivity index (χ1v) is 19.7. The van der Waals surface area contributed by atoms with Crippen LogP contribution < -0.4 is 0 Å². The van der Waals surface area contributed by atoms with Crippen LogP contribution in [0.25, 0.3) is 83.7 Å². The molecule has 60 heavy (non-hydrogen) atoms. The van der Waals surface area contributed by atoms with Crippen LogP contribution in [0.15, 0.2) is 174 Å². The molecule has 0 aliphatic carbocycles. The predicted octanol–water partition coefficient (Wildman–Crippen LogP) is 14.3. The van der Waals surface area contributed by atoms with Gasteiger partial charge in [-0.25, -0.2) is 0 Å². The monoisotopic (exact) mass is 957 g/mol. The molecule has 1 radical (unpaired) electrons. The Balaban J connectivity index is 0.000000271. The minimum Gasteiger partial charge on any atom is -0.557 e. The van der Waals surface area contributed by atoms with Crippen molar-refractivity contribution in [2.75, 3.05) is 0 Å². The molecule has 4 nitrogen and oxygen atoms in total. The van der Waals surface area contributed by atoms with E-state index in [0.717, 1.165) is 78.2 Å². The number of fused-ring (bicyclic) bond motifs is 2. The van der Waals surface area contributed by atoms with Crippen LogP contribution in [0.4, 0.5) is 0 Å². The Morgan fingerprint density at radius 2 is 1.27 bits per heavy atom. The van der Waals surface area contributed by atoms with Crippen LogP contribution in [0, 0.1) is 46.9 Å². The molecule has 5 heteroatoms. The van der Waals surface area contributed by atoms with E-state index >= 15 is 0 Å².